The summed E-state index contributed by atoms with van der Waals surface area (Å²) in [6.07, 6.45) is 1.39. The van der Waals surface area contributed by atoms with Crippen LogP contribution in [0.5, 0.6) is 0 Å². The van der Waals surface area contributed by atoms with Crippen LogP contribution in [0.3, 0.4) is 0 Å². The molecule has 1 rings (SSSR count). The van der Waals surface area contributed by atoms with E-state index in [0.29, 0.717) is 6.07 Å². The van der Waals surface area contributed by atoms with E-state index in [9.17, 15) is 26.2 Å². The molecule has 0 spiro atoms. The molecular weight excluding hydrogens is 416 g/mol. The molecular formula is C10H9BrClF2NO4S2. The van der Waals surface area contributed by atoms with Gasteiger partial charge in [-0.2, -0.15) is 0 Å². The van der Waals surface area contributed by atoms with Gasteiger partial charge in [0, 0.05) is 44.5 Å². The molecule has 0 bridgehead atoms. The van der Waals surface area contributed by atoms with E-state index in [0.717, 1.165) is 0 Å². The highest BCUT2D eigenvalue weighted by Gasteiger charge is 2.29. The van der Waals surface area contributed by atoms with E-state index < -0.39 is 52.3 Å². The van der Waals surface area contributed by atoms with Gasteiger partial charge < -0.3 is 5.32 Å². The summed E-state index contributed by atoms with van der Waals surface area (Å²) in [4.78, 5) is 10.7. The summed E-state index contributed by atoms with van der Waals surface area (Å²) < 4.78 is 60.7. The van der Waals surface area contributed by atoms with Crippen LogP contribution < -0.4 is 5.32 Å². The minimum atomic E-state index is -4.52. The average molecular weight is 425 g/mol. The standard InChI is InChI=1S/C10H9BrClF2NO4S2/c1-20(17)3-2-15-10(16)7-6(13)4-5(11)9(8(7)14)21(12,18)19/h4H,2-3H2,1H3,(H,15,16). The van der Waals surface area contributed by atoms with Crippen LogP contribution in [-0.4, -0.2) is 37.1 Å². The van der Waals surface area contributed by atoms with E-state index in [-0.39, 0.29) is 12.3 Å². The van der Waals surface area contributed by atoms with Crippen molar-refractivity contribution in [3.05, 3.63) is 27.7 Å². The molecule has 5 nitrogen and oxygen atoms in total. The molecule has 0 aliphatic carbocycles. The van der Waals surface area contributed by atoms with E-state index in [1.54, 1.807) is 0 Å². The maximum atomic E-state index is 14.1. The first-order valence-electron chi connectivity index (χ1n) is 5.26. The lowest BCUT2D eigenvalue weighted by molar-refractivity contribution is 0.0947. The van der Waals surface area contributed by atoms with Crippen LogP contribution in [0.1, 0.15) is 10.4 Å². The van der Waals surface area contributed by atoms with Crippen molar-refractivity contribution in [3.63, 3.8) is 0 Å². The highest BCUT2D eigenvalue weighted by atomic mass is 79.9. The Morgan fingerprint density at radius 2 is 2.05 bits per heavy atom. The summed E-state index contributed by atoms with van der Waals surface area (Å²) in [6.45, 7) is -0.0835. The molecule has 21 heavy (non-hydrogen) atoms. The highest BCUT2D eigenvalue weighted by Crippen LogP contribution is 2.31. The lowest BCUT2D eigenvalue weighted by Crippen LogP contribution is -2.29. The zero-order chi connectivity index (χ0) is 16.4. The van der Waals surface area contributed by atoms with Crippen molar-refractivity contribution in [2.45, 2.75) is 4.90 Å². The van der Waals surface area contributed by atoms with Gasteiger partial charge in [0.15, 0.2) is 5.82 Å². The lowest BCUT2D eigenvalue weighted by Gasteiger charge is -2.10. The third kappa shape index (κ3) is 4.70. The second-order valence-electron chi connectivity index (χ2n) is 3.83. The molecule has 11 heteroatoms. The van der Waals surface area contributed by atoms with Crippen LogP contribution in [-0.2, 0) is 19.9 Å². The number of hydrogen-bond donors (Lipinski definition) is 1. The molecule has 1 amide bonds. The lowest BCUT2D eigenvalue weighted by atomic mass is 10.2. The van der Waals surface area contributed by atoms with Gasteiger partial charge in [0.05, 0.1) is 0 Å². The van der Waals surface area contributed by atoms with Crippen molar-refractivity contribution in [3.8, 4) is 0 Å². The Morgan fingerprint density at radius 1 is 1.48 bits per heavy atom. The van der Waals surface area contributed by atoms with Crippen LogP contribution in [0, 0.1) is 11.6 Å². The van der Waals surface area contributed by atoms with E-state index in [4.69, 9.17) is 10.7 Å². The molecule has 0 heterocycles. The predicted octanol–water partition coefficient (Wildman–Crippen LogP) is 1.76. The second-order valence-corrected chi connectivity index (χ2v) is 8.74. The van der Waals surface area contributed by atoms with Crippen LogP contribution in [0.2, 0.25) is 0 Å². The first-order valence-corrected chi connectivity index (χ1v) is 10.1. The normalized spacial score (nSPS) is 13.0. The predicted molar refractivity (Wildman–Crippen MR) is 78.4 cm³/mol. The van der Waals surface area contributed by atoms with Gasteiger partial charge in [0.1, 0.15) is 16.3 Å². The molecule has 1 atom stereocenters. The SMILES string of the molecule is CS(=O)CCNC(=O)c1c(F)cc(Br)c(S(=O)(=O)Cl)c1F. The summed E-state index contributed by atoms with van der Waals surface area (Å²) in [5, 5.41) is 2.14. The quantitative estimate of drug-likeness (QED) is 0.731. The Labute approximate surface area is 135 Å². The molecule has 118 valence electrons. The number of benzene rings is 1. The smallest absolute Gasteiger partial charge is 0.265 e. The first-order chi connectivity index (χ1) is 9.55. The van der Waals surface area contributed by atoms with Gasteiger partial charge in [-0.3, -0.25) is 9.00 Å². The van der Waals surface area contributed by atoms with Crippen molar-refractivity contribution in [2.75, 3.05) is 18.6 Å². The van der Waals surface area contributed by atoms with Crippen molar-refractivity contribution >= 4 is 52.4 Å². The van der Waals surface area contributed by atoms with Crippen molar-refractivity contribution < 1.29 is 26.2 Å². The van der Waals surface area contributed by atoms with Gasteiger partial charge in [-0.05, 0) is 22.0 Å². The minimum Gasteiger partial charge on any atom is -0.351 e. The Balaban J connectivity index is 3.25. The number of amides is 1. The third-order valence-corrected chi connectivity index (χ3v) is 5.29. The van der Waals surface area contributed by atoms with Crippen molar-refractivity contribution in [2.24, 2.45) is 0 Å². The van der Waals surface area contributed by atoms with E-state index >= 15 is 0 Å². The van der Waals surface area contributed by atoms with Crippen molar-refractivity contribution in [1.29, 1.82) is 0 Å². The molecule has 0 saturated heterocycles. The topological polar surface area (TPSA) is 80.3 Å². The zero-order valence-electron chi connectivity index (χ0n) is 10.5. The van der Waals surface area contributed by atoms with Gasteiger partial charge in [0.25, 0.3) is 15.0 Å². The summed E-state index contributed by atoms with van der Waals surface area (Å²) in [6, 6.07) is 0.630. The van der Waals surface area contributed by atoms with Crippen LogP contribution in [0.15, 0.2) is 15.4 Å². The third-order valence-electron chi connectivity index (χ3n) is 2.27. The fraction of sp³-hybridized carbons (Fsp3) is 0.300. The average Bonchev–Trinajstić information content (AvgIpc) is 2.24. The summed E-state index contributed by atoms with van der Waals surface area (Å²) in [5.41, 5.74) is -1.07. The molecule has 0 saturated carbocycles. The first kappa shape index (κ1) is 18.5. The number of carbonyl (C=O) groups excluding carboxylic acids is 1. The zero-order valence-corrected chi connectivity index (χ0v) is 14.4. The fourth-order valence-corrected chi connectivity index (χ4v) is 4.14. The Bertz CT molecular complexity index is 711. The maximum Gasteiger partial charge on any atom is 0.265 e. The monoisotopic (exact) mass is 423 g/mol. The van der Waals surface area contributed by atoms with Crippen LogP contribution in [0.4, 0.5) is 8.78 Å². The molecule has 1 aromatic carbocycles. The van der Waals surface area contributed by atoms with Gasteiger partial charge >= 0.3 is 0 Å². The molecule has 0 aliphatic heterocycles. The highest BCUT2D eigenvalue weighted by molar-refractivity contribution is 9.10. The number of nitrogens with one attached hydrogen (secondary N) is 1. The molecule has 0 fully saturated rings. The summed E-state index contributed by atoms with van der Waals surface area (Å²) in [5.74, 6) is -3.92. The second kappa shape index (κ2) is 7.12. The summed E-state index contributed by atoms with van der Waals surface area (Å²) in [7, 11) is -0.662. The number of carbonyl (C=O) groups is 1. The molecule has 1 N–H and O–H groups in total. The molecule has 0 aromatic heterocycles. The van der Waals surface area contributed by atoms with E-state index in [2.05, 4.69) is 21.2 Å². The minimum absolute atomic E-state index is 0.0835. The van der Waals surface area contributed by atoms with Gasteiger partial charge in [-0.25, -0.2) is 17.2 Å². The number of rotatable bonds is 5. The Kier molecular flexibility index (Phi) is 6.26. The van der Waals surface area contributed by atoms with E-state index in [1.165, 1.54) is 6.26 Å². The largest absolute Gasteiger partial charge is 0.351 e. The van der Waals surface area contributed by atoms with Gasteiger partial charge in [-0.1, -0.05) is 0 Å². The van der Waals surface area contributed by atoms with Crippen LogP contribution in [0.25, 0.3) is 0 Å². The molecule has 0 radical (unpaired) electrons. The Morgan fingerprint density at radius 3 is 2.52 bits per heavy atom. The van der Waals surface area contributed by atoms with Crippen LogP contribution >= 0.6 is 26.6 Å². The maximum absolute atomic E-state index is 14.1. The fourth-order valence-electron chi connectivity index (χ4n) is 1.40. The summed E-state index contributed by atoms with van der Waals surface area (Å²) >= 11 is 2.67. The van der Waals surface area contributed by atoms with Gasteiger partial charge in [-0.15, -0.1) is 0 Å². The molecule has 0 aliphatic rings. The van der Waals surface area contributed by atoms with Gasteiger partial charge in [0.2, 0.25) is 0 Å². The van der Waals surface area contributed by atoms with Crippen molar-refractivity contribution in [1.82, 2.24) is 5.32 Å². The Hall–Kier alpha value is -0.580. The molecule has 1 aromatic rings. The number of hydrogen-bond acceptors (Lipinski definition) is 4. The van der Waals surface area contributed by atoms with E-state index in [1.807, 2.05) is 0 Å². The molecule has 1 unspecified atom stereocenters. The number of halogens is 4.